The molecule has 2 atom stereocenters. The molecule has 0 unspecified atom stereocenters. The molecule has 0 fully saturated rings. The molecule has 0 radical (unpaired) electrons. The van der Waals surface area contributed by atoms with Crippen LogP contribution in [0.3, 0.4) is 0 Å². The Morgan fingerprint density at radius 3 is 2.86 bits per heavy atom. The van der Waals surface area contributed by atoms with E-state index in [4.69, 9.17) is 13.9 Å². The molecule has 3 rings (SSSR count). The molecule has 2 bridgehead atoms. The molecule has 1 aromatic rings. The van der Waals surface area contributed by atoms with Gasteiger partial charge in [-0.3, -0.25) is 4.79 Å². The van der Waals surface area contributed by atoms with Gasteiger partial charge in [0.05, 0.1) is 6.26 Å². The Morgan fingerprint density at radius 1 is 1.36 bits per heavy atom. The number of esters is 2. The number of hydrogen-bond acceptors (Lipinski definition) is 5. The van der Waals surface area contributed by atoms with Crippen LogP contribution in [0, 0.1) is 6.92 Å². The van der Waals surface area contributed by atoms with Crippen molar-refractivity contribution in [3.05, 3.63) is 46.4 Å². The first kappa shape index (κ1) is 14.6. The predicted molar refractivity (Wildman–Crippen MR) is 77.9 cm³/mol. The minimum atomic E-state index is -0.588. The molecule has 1 aromatic heterocycles. The first-order valence-corrected chi connectivity index (χ1v) is 7.30. The Hall–Kier alpha value is -2.30. The van der Waals surface area contributed by atoms with Crippen molar-refractivity contribution in [1.82, 2.24) is 0 Å². The number of fused-ring (bicyclic) bond motifs is 3. The fraction of sp³-hybridized carbons (Fsp3) is 0.412. The number of ether oxygens (including phenoxy) is 2. The molecule has 0 saturated heterocycles. The van der Waals surface area contributed by atoms with Crippen molar-refractivity contribution in [2.75, 3.05) is 0 Å². The van der Waals surface area contributed by atoms with E-state index in [0.717, 1.165) is 16.7 Å². The van der Waals surface area contributed by atoms with Gasteiger partial charge in [-0.05, 0) is 43.9 Å². The molecule has 5 heteroatoms. The quantitative estimate of drug-likeness (QED) is 0.587. The lowest BCUT2D eigenvalue weighted by atomic mass is 9.96. The van der Waals surface area contributed by atoms with Crippen LogP contribution in [0.25, 0.3) is 0 Å². The molecule has 2 heterocycles. The second-order valence-electron chi connectivity index (χ2n) is 5.69. The molecule has 0 saturated carbocycles. The van der Waals surface area contributed by atoms with Crippen LogP contribution >= 0.6 is 0 Å². The van der Waals surface area contributed by atoms with Crippen molar-refractivity contribution >= 4 is 11.9 Å². The van der Waals surface area contributed by atoms with Gasteiger partial charge in [0.1, 0.15) is 0 Å². The van der Waals surface area contributed by atoms with Crippen LogP contribution in [-0.2, 0) is 19.1 Å². The zero-order chi connectivity index (χ0) is 15.9. The predicted octanol–water partition coefficient (Wildman–Crippen LogP) is 3.46. The number of furan rings is 1. The van der Waals surface area contributed by atoms with E-state index in [2.05, 4.69) is 0 Å². The molecular formula is C17H18O5. The van der Waals surface area contributed by atoms with E-state index in [-0.39, 0.29) is 11.9 Å². The van der Waals surface area contributed by atoms with Gasteiger partial charge in [0.15, 0.2) is 18.0 Å². The Morgan fingerprint density at radius 2 is 2.14 bits per heavy atom. The van der Waals surface area contributed by atoms with Crippen molar-refractivity contribution in [2.45, 2.75) is 45.8 Å². The van der Waals surface area contributed by atoms with Gasteiger partial charge in [0.25, 0.3) is 0 Å². The molecule has 0 spiro atoms. The molecule has 5 nitrogen and oxygen atoms in total. The van der Waals surface area contributed by atoms with Gasteiger partial charge < -0.3 is 13.9 Å². The highest BCUT2D eigenvalue weighted by atomic mass is 16.6. The maximum absolute atomic E-state index is 11.9. The summed E-state index contributed by atoms with van der Waals surface area (Å²) < 4.78 is 16.6. The van der Waals surface area contributed by atoms with Gasteiger partial charge in [-0.25, -0.2) is 4.79 Å². The topological polar surface area (TPSA) is 65.7 Å². The lowest BCUT2D eigenvalue weighted by Gasteiger charge is -2.19. The Labute approximate surface area is 128 Å². The zero-order valence-corrected chi connectivity index (χ0v) is 12.8. The highest BCUT2D eigenvalue weighted by molar-refractivity contribution is 5.91. The summed E-state index contributed by atoms with van der Waals surface area (Å²) in [4.78, 5) is 23.4. The summed E-state index contributed by atoms with van der Waals surface area (Å²) in [6, 6.07) is 0. The number of carbonyl (C=O) groups is 2. The third-order valence-corrected chi connectivity index (χ3v) is 4.00. The zero-order valence-electron chi connectivity index (χ0n) is 12.8. The Kier molecular flexibility index (Phi) is 3.64. The van der Waals surface area contributed by atoms with Crippen LogP contribution in [0.2, 0.25) is 0 Å². The summed E-state index contributed by atoms with van der Waals surface area (Å²) in [5.41, 5.74) is 3.21. The van der Waals surface area contributed by atoms with Crippen LogP contribution in [-0.4, -0.2) is 11.9 Å². The minimum Gasteiger partial charge on any atom is -0.464 e. The van der Waals surface area contributed by atoms with Crippen LogP contribution in [0.5, 0.6) is 0 Å². The second-order valence-corrected chi connectivity index (χ2v) is 5.69. The molecule has 1 aliphatic heterocycles. The molecule has 0 amide bonds. The molecular weight excluding hydrogens is 284 g/mol. The van der Waals surface area contributed by atoms with E-state index >= 15 is 0 Å². The second kappa shape index (κ2) is 5.48. The van der Waals surface area contributed by atoms with Gasteiger partial charge >= 0.3 is 11.9 Å². The Bertz CT molecular complexity index is 692. The average molecular weight is 302 g/mol. The van der Waals surface area contributed by atoms with E-state index in [9.17, 15) is 9.59 Å². The summed E-state index contributed by atoms with van der Waals surface area (Å²) in [6.07, 6.45) is 5.66. The maximum atomic E-state index is 11.9. The average Bonchev–Trinajstić information content (AvgIpc) is 2.98. The molecule has 116 valence electrons. The SMILES string of the molecule is CC(=O)O[C@H]1/C(C)=C/CCC2=C[C@H](OC2=O)c2c(C)coc21. The molecule has 0 N–H and O–H groups in total. The number of carbonyl (C=O) groups excluding carboxylic acids is 2. The third kappa shape index (κ3) is 2.47. The van der Waals surface area contributed by atoms with E-state index in [0.29, 0.717) is 24.2 Å². The van der Waals surface area contributed by atoms with Crippen LogP contribution in [0.15, 0.2) is 34.0 Å². The standard InChI is InChI=1S/C17H18O5/c1-9-5-4-6-12-7-13(22-17(12)19)14-10(2)8-20-16(14)15(9)21-11(3)18/h5,7-8,13,15H,4,6H2,1-3H3/b9-5+/t13-,15-/m0/s1. The van der Waals surface area contributed by atoms with Crippen molar-refractivity contribution in [1.29, 1.82) is 0 Å². The first-order chi connectivity index (χ1) is 10.5. The summed E-state index contributed by atoms with van der Waals surface area (Å²) in [7, 11) is 0. The molecule has 2 aliphatic rings. The maximum Gasteiger partial charge on any atom is 0.334 e. The normalized spacial score (nSPS) is 26.4. The van der Waals surface area contributed by atoms with Crippen LogP contribution < -0.4 is 0 Å². The van der Waals surface area contributed by atoms with Gasteiger partial charge in [-0.2, -0.15) is 0 Å². The number of allylic oxidation sites excluding steroid dienone is 1. The third-order valence-electron chi connectivity index (χ3n) is 4.00. The van der Waals surface area contributed by atoms with E-state index < -0.39 is 12.2 Å². The summed E-state index contributed by atoms with van der Waals surface area (Å²) in [5, 5.41) is 0. The van der Waals surface area contributed by atoms with Crippen molar-refractivity contribution in [2.24, 2.45) is 0 Å². The molecule has 1 aliphatic carbocycles. The van der Waals surface area contributed by atoms with Crippen LogP contribution in [0.4, 0.5) is 0 Å². The van der Waals surface area contributed by atoms with Gasteiger partial charge in [-0.15, -0.1) is 0 Å². The van der Waals surface area contributed by atoms with Gasteiger partial charge in [0.2, 0.25) is 0 Å². The first-order valence-electron chi connectivity index (χ1n) is 7.30. The monoisotopic (exact) mass is 302 g/mol. The highest BCUT2D eigenvalue weighted by Crippen LogP contribution is 2.41. The Balaban J connectivity index is 2.13. The fourth-order valence-electron chi connectivity index (χ4n) is 2.93. The van der Waals surface area contributed by atoms with Crippen molar-refractivity contribution < 1.29 is 23.5 Å². The lowest BCUT2D eigenvalue weighted by Crippen LogP contribution is -2.13. The lowest BCUT2D eigenvalue weighted by molar-refractivity contribution is -0.146. The highest BCUT2D eigenvalue weighted by Gasteiger charge is 2.35. The summed E-state index contributed by atoms with van der Waals surface area (Å²) in [5.74, 6) is -0.137. The van der Waals surface area contributed by atoms with E-state index in [1.807, 2.05) is 26.0 Å². The number of aryl methyl sites for hydroxylation is 1. The smallest absolute Gasteiger partial charge is 0.334 e. The number of hydrogen-bond donors (Lipinski definition) is 0. The largest absolute Gasteiger partial charge is 0.464 e. The van der Waals surface area contributed by atoms with Crippen LogP contribution in [0.1, 0.15) is 55.8 Å². The minimum absolute atomic E-state index is 0.284. The molecule has 0 aromatic carbocycles. The van der Waals surface area contributed by atoms with Crippen molar-refractivity contribution in [3.8, 4) is 0 Å². The van der Waals surface area contributed by atoms with Gasteiger partial charge in [-0.1, -0.05) is 6.08 Å². The number of rotatable bonds is 1. The summed E-state index contributed by atoms with van der Waals surface area (Å²) in [6.45, 7) is 5.16. The fourth-order valence-corrected chi connectivity index (χ4v) is 2.93. The van der Waals surface area contributed by atoms with E-state index in [1.54, 1.807) is 6.26 Å². The van der Waals surface area contributed by atoms with Gasteiger partial charge in [0, 0.05) is 18.1 Å². The van der Waals surface area contributed by atoms with Crippen molar-refractivity contribution in [3.63, 3.8) is 0 Å². The van der Waals surface area contributed by atoms with E-state index in [1.165, 1.54) is 6.92 Å². The molecule has 22 heavy (non-hydrogen) atoms. The summed E-state index contributed by atoms with van der Waals surface area (Å²) >= 11 is 0.